The van der Waals surface area contributed by atoms with Crippen molar-refractivity contribution in [1.82, 2.24) is 4.90 Å². The van der Waals surface area contributed by atoms with E-state index in [0.717, 1.165) is 23.1 Å². The van der Waals surface area contributed by atoms with Crippen LogP contribution in [0.4, 0.5) is 13.6 Å². The summed E-state index contributed by atoms with van der Waals surface area (Å²) >= 11 is 0. The molecule has 7 heteroatoms. The largest absolute Gasteiger partial charge is 0.371 e. The number of hydrogen-bond donors (Lipinski definition) is 2. The molecule has 1 heterocycles. The first-order valence-electron chi connectivity index (χ1n) is 5.19. The van der Waals surface area contributed by atoms with Gasteiger partial charge in [-0.2, -0.15) is 0 Å². The van der Waals surface area contributed by atoms with Gasteiger partial charge in [0.15, 0.2) is 0 Å². The molecule has 0 aromatic heterocycles. The minimum Gasteiger partial charge on any atom is -0.371 e. The van der Waals surface area contributed by atoms with E-state index in [9.17, 15) is 13.6 Å². The van der Waals surface area contributed by atoms with Gasteiger partial charge in [-0.15, -0.1) is 0 Å². The molecule has 0 saturated carbocycles. The highest BCUT2D eigenvalue weighted by atomic mass is 19.1. The van der Waals surface area contributed by atoms with Gasteiger partial charge in [-0.1, -0.05) is 0 Å². The third-order valence-corrected chi connectivity index (χ3v) is 2.62. The van der Waals surface area contributed by atoms with Crippen LogP contribution in [0.15, 0.2) is 18.2 Å². The molecule has 3 N–H and O–H groups in total. The van der Waals surface area contributed by atoms with Gasteiger partial charge in [0.2, 0.25) is 0 Å². The van der Waals surface area contributed by atoms with Crippen LogP contribution in [0.25, 0.3) is 0 Å². The summed E-state index contributed by atoms with van der Waals surface area (Å²) in [5.74, 6) is -1.65. The van der Waals surface area contributed by atoms with E-state index in [1.54, 1.807) is 0 Å². The van der Waals surface area contributed by atoms with Gasteiger partial charge in [0.25, 0.3) is 0 Å². The van der Waals surface area contributed by atoms with Crippen LogP contribution in [0, 0.1) is 17.0 Å². The van der Waals surface area contributed by atoms with Gasteiger partial charge in [0, 0.05) is 6.07 Å². The number of carbonyl (C=O) groups excluding carboxylic acids is 1. The number of nitrogens with one attached hydrogen (secondary N) is 1. The molecule has 1 aromatic carbocycles. The summed E-state index contributed by atoms with van der Waals surface area (Å²) in [5.41, 5.74) is 5.37. The second-order valence-corrected chi connectivity index (χ2v) is 3.89. The first-order chi connectivity index (χ1) is 8.49. The van der Waals surface area contributed by atoms with Crippen LogP contribution in [0.1, 0.15) is 11.6 Å². The summed E-state index contributed by atoms with van der Waals surface area (Å²) in [7, 11) is 0. The Morgan fingerprint density at radius 3 is 2.56 bits per heavy atom. The van der Waals surface area contributed by atoms with Gasteiger partial charge in [-0.05, 0) is 17.7 Å². The van der Waals surface area contributed by atoms with E-state index < -0.39 is 23.7 Å². The predicted molar refractivity (Wildman–Crippen MR) is 59.1 cm³/mol. The molecule has 1 saturated heterocycles. The Balaban J connectivity index is 2.40. The molecule has 0 aliphatic carbocycles. The minimum atomic E-state index is -0.849. The van der Waals surface area contributed by atoms with Crippen molar-refractivity contribution in [3.8, 4) is 0 Å². The predicted octanol–water partition coefficient (Wildman–Crippen LogP) is 1.39. The second kappa shape index (κ2) is 4.69. The van der Waals surface area contributed by atoms with Crippen molar-refractivity contribution in [2.24, 2.45) is 5.73 Å². The zero-order valence-electron chi connectivity index (χ0n) is 9.32. The highest BCUT2D eigenvalue weighted by Gasteiger charge is 2.31. The molecule has 1 aliphatic rings. The van der Waals surface area contributed by atoms with Crippen LogP contribution >= 0.6 is 0 Å². The number of amidine groups is 1. The average molecular weight is 255 g/mol. The lowest BCUT2D eigenvalue weighted by Crippen LogP contribution is -2.49. The molecule has 18 heavy (non-hydrogen) atoms. The van der Waals surface area contributed by atoms with E-state index in [1.165, 1.54) is 0 Å². The number of morpholine rings is 1. The monoisotopic (exact) mass is 255 g/mol. The molecule has 0 radical (unpaired) electrons. The Hall–Kier alpha value is -2.02. The number of rotatable bonds is 1. The molecule has 1 atom stereocenters. The highest BCUT2D eigenvalue weighted by molar-refractivity contribution is 5.96. The van der Waals surface area contributed by atoms with Crippen molar-refractivity contribution >= 4 is 11.9 Å². The first kappa shape index (κ1) is 12.4. The lowest BCUT2D eigenvalue weighted by Gasteiger charge is -2.34. The number of amides is 2. The molecule has 0 bridgehead atoms. The lowest BCUT2D eigenvalue weighted by atomic mass is 10.0. The maximum atomic E-state index is 13.1. The van der Waals surface area contributed by atoms with E-state index in [2.05, 4.69) is 0 Å². The zero-order chi connectivity index (χ0) is 13.3. The molecule has 1 aliphatic heterocycles. The Labute approximate surface area is 102 Å². The number of benzene rings is 1. The molecule has 2 amide bonds. The standard InChI is InChI=1S/C11H11F2N3O2/c12-7-1-6(2-8(13)3-7)9-4-18-5-10(14)16(9)11(15)17/h1-3,9,14H,4-5H2,(H2,15,17). The van der Waals surface area contributed by atoms with Crippen molar-refractivity contribution in [2.45, 2.75) is 6.04 Å². The van der Waals surface area contributed by atoms with Crippen molar-refractivity contribution in [2.75, 3.05) is 13.2 Å². The van der Waals surface area contributed by atoms with E-state index in [-0.39, 0.29) is 24.6 Å². The normalized spacial score (nSPS) is 20.0. The SMILES string of the molecule is N=C1COCC(c2cc(F)cc(F)c2)N1C(N)=O. The van der Waals surface area contributed by atoms with Crippen LogP contribution in [-0.4, -0.2) is 30.0 Å². The van der Waals surface area contributed by atoms with Crippen LogP contribution in [-0.2, 0) is 4.74 Å². The molecule has 1 unspecified atom stereocenters. The summed E-state index contributed by atoms with van der Waals surface area (Å²) in [4.78, 5) is 12.3. The number of carbonyl (C=O) groups is 1. The number of primary amides is 1. The molecule has 0 spiro atoms. The van der Waals surface area contributed by atoms with E-state index in [0.29, 0.717) is 0 Å². The van der Waals surface area contributed by atoms with Gasteiger partial charge >= 0.3 is 6.03 Å². The Morgan fingerprint density at radius 1 is 1.39 bits per heavy atom. The fraction of sp³-hybridized carbons (Fsp3) is 0.273. The fourth-order valence-electron chi connectivity index (χ4n) is 1.90. The number of halogens is 2. The number of nitrogens with zero attached hydrogens (tertiary/aromatic N) is 1. The van der Waals surface area contributed by atoms with Gasteiger partial charge in [0.05, 0.1) is 12.6 Å². The molecular weight excluding hydrogens is 244 g/mol. The second-order valence-electron chi connectivity index (χ2n) is 3.89. The van der Waals surface area contributed by atoms with Crippen molar-refractivity contribution in [3.05, 3.63) is 35.4 Å². The number of ether oxygens (including phenoxy) is 1. The van der Waals surface area contributed by atoms with Gasteiger partial charge in [-0.3, -0.25) is 10.3 Å². The van der Waals surface area contributed by atoms with Crippen LogP contribution in [0.2, 0.25) is 0 Å². The molecule has 96 valence electrons. The van der Waals surface area contributed by atoms with E-state index >= 15 is 0 Å². The third kappa shape index (κ3) is 2.30. The quantitative estimate of drug-likeness (QED) is 0.795. The molecule has 1 aromatic rings. The smallest absolute Gasteiger partial charge is 0.320 e. The molecule has 5 nitrogen and oxygen atoms in total. The van der Waals surface area contributed by atoms with E-state index in [1.807, 2.05) is 0 Å². The van der Waals surface area contributed by atoms with Gasteiger partial charge in [0.1, 0.15) is 24.1 Å². The summed E-state index contributed by atoms with van der Waals surface area (Å²) in [6.07, 6.45) is 0. The maximum Gasteiger partial charge on any atom is 0.320 e. The van der Waals surface area contributed by atoms with Crippen LogP contribution in [0.3, 0.4) is 0 Å². The van der Waals surface area contributed by atoms with Gasteiger partial charge in [-0.25, -0.2) is 13.6 Å². The van der Waals surface area contributed by atoms with Gasteiger partial charge < -0.3 is 10.5 Å². The Kier molecular flexibility index (Phi) is 3.24. The first-order valence-corrected chi connectivity index (χ1v) is 5.19. The highest BCUT2D eigenvalue weighted by Crippen LogP contribution is 2.26. The van der Waals surface area contributed by atoms with E-state index in [4.69, 9.17) is 15.9 Å². The average Bonchev–Trinajstić information content (AvgIpc) is 2.26. The lowest BCUT2D eigenvalue weighted by molar-refractivity contribution is 0.0819. The maximum absolute atomic E-state index is 13.1. The summed E-state index contributed by atoms with van der Waals surface area (Å²) < 4.78 is 31.4. The molecular formula is C11H11F2N3O2. The topological polar surface area (TPSA) is 79.4 Å². The number of urea groups is 1. The summed E-state index contributed by atoms with van der Waals surface area (Å²) in [6, 6.07) is 1.27. The van der Waals surface area contributed by atoms with Crippen molar-refractivity contribution in [1.29, 1.82) is 5.41 Å². The van der Waals surface area contributed by atoms with Crippen LogP contribution < -0.4 is 5.73 Å². The van der Waals surface area contributed by atoms with Crippen molar-refractivity contribution < 1.29 is 18.3 Å². The Bertz CT molecular complexity index is 487. The zero-order valence-corrected chi connectivity index (χ0v) is 9.32. The molecule has 1 fully saturated rings. The summed E-state index contributed by atoms with van der Waals surface area (Å²) in [6.45, 7) is -0.0224. The molecule has 2 rings (SSSR count). The number of hydrogen-bond acceptors (Lipinski definition) is 3. The van der Waals surface area contributed by atoms with Crippen molar-refractivity contribution in [3.63, 3.8) is 0 Å². The minimum absolute atomic E-state index is 0.0359. The summed E-state index contributed by atoms with van der Waals surface area (Å²) in [5, 5.41) is 7.58. The van der Waals surface area contributed by atoms with Crippen LogP contribution in [0.5, 0.6) is 0 Å². The Morgan fingerprint density at radius 2 is 2.00 bits per heavy atom. The number of nitrogens with two attached hydrogens (primary N) is 1. The fourth-order valence-corrected chi connectivity index (χ4v) is 1.90. The third-order valence-electron chi connectivity index (χ3n) is 2.62.